The Morgan fingerprint density at radius 2 is 2.05 bits per heavy atom. The van der Waals surface area contributed by atoms with E-state index in [1.165, 1.54) is 0 Å². The molecule has 0 radical (unpaired) electrons. The number of nitrogens with two attached hydrogens (primary N) is 1. The average molecular weight is 254 g/mol. The van der Waals surface area contributed by atoms with Crippen molar-refractivity contribution in [3.8, 4) is 17.1 Å². The van der Waals surface area contributed by atoms with Gasteiger partial charge in [-0.1, -0.05) is 18.2 Å². The van der Waals surface area contributed by atoms with Crippen LogP contribution < -0.4 is 10.5 Å². The van der Waals surface area contributed by atoms with Gasteiger partial charge in [-0.05, 0) is 24.3 Å². The smallest absolute Gasteiger partial charge is 0.182 e. The van der Waals surface area contributed by atoms with Gasteiger partial charge in [0.25, 0.3) is 0 Å². The molecule has 0 saturated heterocycles. The first kappa shape index (κ1) is 11.7. The van der Waals surface area contributed by atoms with Crippen LogP contribution in [-0.4, -0.2) is 21.7 Å². The second-order valence-electron chi connectivity index (χ2n) is 4.16. The summed E-state index contributed by atoms with van der Waals surface area (Å²) >= 11 is 0. The number of fused-ring (bicyclic) bond motifs is 1. The highest BCUT2D eigenvalue weighted by Crippen LogP contribution is 2.21. The standard InChI is InChI=1S/C14H14N4O/c1-19-12-6-2-4-10(8-12)14-16-13-7-3-5-11(9-15)18(13)17-14/h2-8H,9,15H2,1H3. The number of ether oxygens (including phenoxy) is 1. The van der Waals surface area contributed by atoms with Crippen LogP contribution in [0.25, 0.3) is 17.0 Å². The molecule has 5 nitrogen and oxygen atoms in total. The molecule has 2 aromatic heterocycles. The lowest BCUT2D eigenvalue weighted by molar-refractivity contribution is 0.415. The normalized spacial score (nSPS) is 10.8. The zero-order valence-electron chi connectivity index (χ0n) is 10.6. The predicted octanol–water partition coefficient (Wildman–Crippen LogP) is 1.86. The first-order valence-corrected chi connectivity index (χ1v) is 6.01. The third-order valence-electron chi connectivity index (χ3n) is 2.98. The van der Waals surface area contributed by atoms with Crippen LogP contribution in [0.15, 0.2) is 42.5 Å². The Hall–Kier alpha value is -2.40. The highest BCUT2D eigenvalue weighted by Gasteiger charge is 2.08. The molecule has 0 bridgehead atoms. The third kappa shape index (κ3) is 2.04. The van der Waals surface area contributed by atoms with Crippen LogP contribution in [0.5, 0.6) is 5.75 Å². The number of benzene rings is 1. The molecule has 0 fully saturated rings. The Labute approximate surface area is 110 Å². The predicted molar refractivity (Wildman–Crippen MR) is 72.9 cm³/mol. The minimum absolute atomic E-state index is 0.429. The van der Waals surface area contributed by atoms with Gasteiger partial charge in [-0.15, -0.1) is 5.10 Å². The van der Waals surface area contributed by atoms with Crippen molar-refractivity contribution in [2.45, 2.75) is 6.54 Å². The number of hydrogen-bond acceptors (Lipinski definition) is 4. The van der Waals surface area contributed by atoms with Crippen LogP contribution in [0.4, 0.5) is 0 Å². The summed E-state index contributed by atoms with van der Waals surface area (Å²) in [4.78, 5) is 4.51. The molecule has 0 aliphatic rings. The van der Waals surface area contributed by atoms with E-state index in [-0.39, 0.29) is 0 Å². The Kier molecular flexibility index (Phi) is 2.89. The van der Waals surface area contributed by atoms with E-state index in [9.17, 15) is 0 Å². The van der Waals surface area contributed by atoms with E-state index in [1.54, 1.807) is 11.6 Å². The summed E-state index contributed by atoms with van der Waals surface area (Å²) in [5, 5.41) is 4.50. The van der Waals surface area contributed by atoms with Crippen molar-refractivity contribution >= 4 is 5.65 Å². The molecule has 0 aliphatic carbocycles. The minimum atomic E-state index is 0.429. The molecule has 0 spiro atoms. The summed E-state index contributed by atoms with van der Waals surface area (Å²) in [5.41, 5.74) is 8.35. The zero-order valence-corrected chi connectivity index (χ0v) is 10.6. The summed E-state index contributed by atoms with van der Waals surface area (Å²) in [7, 11) is 1.64. The number of nitrogens with zero attached hydrogens (tertiary/aromatic N) is 3. The van der Waals surface area contributed by atoms with Crippen molar-refractivity contribution < 1.29 is 4.74 Å². The van der Waals surface area contributed by atoms with Gasteiger partial charge in [0.05, 0.1) is 12.8 Å². The second kappa shape index (κ2) is 4.70. The van der Waals surface area contributed by atoms with Gasteiger partial charge in [0.1, 0.15) is 5.75 Å². The van der Waals surface area contributed by atoms with Crippen molar-refractivity contribution in [2.24, 2.45) is 5.73 Å². The van der Waals surface area contributed by atoms with Gasteiger partial charge in [0.15, 0.2) is 11.5 Å². The zero-order chi connectivity index (χ0) is 13.2. The summed E-state index contributed by atoms with van der Waals surface area (Å²) < 4.78 is 6.99. The van der Waals surface area contributed by atoms with Gasteiger partial charge >= 0.3 is 0 Å². The molecule has 3 aromatic rings. The van der Waals surface area contributed by atoms with E-state index in [4.69, 9.17) is 10.5 Å². The molecular formula is C14H14N4O. The van der Waals surface area contributed by atoms with E-state index in [0.29, 0.717) is 12.4 Å². The van der Waals surface area contributed by atoms with Crippen molar-refractivity contribution in [2.75, 3.05) is 7.11 Å². The highest BCUT2D eigenvalue weighted by molar-refractivity contribution is 5.60. The highest BCUT2D eigenvalue weighted by atomic mass is 16.5. The lowest BCUT2D eigenvalue weighted by Gasteiger charge is -2.00. The van der Waals surface area contributed by atoms with Crippen molar-refractivity contribution in [3.05, 3.63) is 48.2 Å². The maximum Gasteiger partial charge on any atom is 0.182 e. The molecule has 96 valence electrons. The second-order valence-corrected chi connectivity index (χ2v) is 4.16. The third-order valence-corrected chi connectivity index (χ3v) is 2.98. The summed E-state index contributed by atoms with van der Waals surface area (Å²) in [5.74, 6) is 1.45. The van der Waals surface area contributed by atoms with E-state index in [2.05, 4.69) is 10.1 Å². The maximum atomic E-state index is 5.70. The SMILES string of the molecule is COc1cccc(-c2nc3cccc(CN)n3n2)c1. The van der Waals surface area contributed by atoms with Gasteiger partial charge < -0.3 is 10.5 Å². The van der Waals surface area contributed by atoms with E-state index in [0.717, 1.165) is 22.7 Å². The molecule has 3 rings (SSSR count). The Balaban J connectivity index is 2.15. The topological polar surface area (TPSA) is 65.4 Å². The van der Waals surface area contributed by atoms with Gasteiger partial charge in [-0.3, -0.25) is 0 Å². The molecule has 0 saturated carbocycles. The largest absolute Gasteiger partial charge is 0.497 e. The van der Waals surface area contributed by atoms with Gasteiger partial charge in [-0.2, -0.15) is 0 Å². The van der Waals surface area contributed by atoms with Crippen LogP contribution in [0.3, 0.4) is 0 Å². The molecule has 1 aromatic carbocycles. The van der Waals surface area contributed by atoms with Crippen LogP contribution >= 0.6 is 0 Å². The molecule has 5 heteroatoms. The van der Waals surface area contributed by atoms with Crippen LogP contribution in [0.2, 0.25) is 0 Å². The number of aromatic nitrogens is 3. The molecule has 2 heterocycles. The average Bonchev–Trinajstić information content (AvgIpc) is 2.91. The van der Waals surface area contributed by atoms with Crippen LogP contribution in [0, 0.1) is 0 Å². The Morgan fingerprint density at radius 1 is 1.21 bits per heavy atom. The van der Waals surface area contributed by atoms with E-state index in [1.807, 2.05) is 42.5 Å². The van der Waals surface area contributed by atoms with Crippen LogP contribution in [-0.2, 0) is 6.54 Å². The maximum absolute atomic E-state index is 5.70. The lowest BCUT2D eigenvalue weighted by atomic mass is 10.2. The van der Waals surface area contributed by atoms with Gasteiger partial charge in [-0.25, -0.2) is 9.50 Å². The summed E-state index contributed by atoms with van der Waals surface area (Å²) in [6.07, 6.45) is 0. The number of pyridine rings is 1. The van der Waals surface area contributed by atoms with Gasteiger partial charge in [0.2, 0.25) is 0 Å². The van der Waals surface area contributed by atoms with Crippen molar-refractivity contribution in [1.29, 1.82) is 0 Å². The number of rotatable bonds is 3. The fraction of sp³-hybridized carbons (Fsp3) is 0.143. The first-order chi connectivity index (χ1) is 9.31. The minimum Gasteiger partial charge on any atom is -0.497 e. The van der Waals surface area contributed by atoms with Gasteiger partial charge in [0, 0.05) is 12.1 Å². The first-order valence-electron chi connectivity index (χ1n) is 6.01. The molecule has 0 unspecified atom stereocenters. The summed E-state index contributed by atoms with van der Waals surface area (Å²) in [6.45, 7) is 0.429. The Morgan fingerprint density at radius 3 is 2.84 bits per heavy atom. The number of methoxy groups -OCH3 is 1. The van der Waals surface area contributed by atoms with Crippen molar-refractivity contribution in [3.63, 3.8) is 0 Å². The molecule has 0 amide bonds. The number of hydrogen-bond donors (Lipinski definition) is 1. The molecule has 2 N–H and O–H groups in total. The monoisotopic (exact) mass is 254 g/mol. The fourth-order valence-electron chi connectivity index (χ4n) is 2.00. The summed E-state index contributed by atoms with van der Waals surface area (Å²) in [6, 6.07) is 13.5. The van der Waals surface area contributed by atoms with E-state index >= 15 is 0 Å². The Bertz CT molecular complexity index is 720. The molecule has 19 heavy (non-hydrogen) atoms. The molecular weight excluding hydrogens is 240 g/mol. The van der Waals surface area contributed by atoms with Crippen molar-refractivity contribution in [1.82, 2.24) is 14.6 Å². The van der Waals surface area contributed by atoms with E-state index < -0.39 is 0 Å². The molecule has 0 atom stereocenters. The van der Waals surface area contributed by atoms with Crippen LogP contribution in [0.1, 0.15) is 5.69 Å². The quantitative estimate of drug-likeness (QED) is 0.774. The fourth-order valence-corrected chi connectivity index (χ4v) is 2.00. The molecule has 0 aliphatic heterocycles. The lowest BCUT2D eigenvalue weighted by Crippen LogP contribution is -2.04.